The highest BCUT2D eigenvalue weighted by Gasteiger charge is 2.60. The Bertz CT molecular complexity index is 482. The Morgan fingerprint density at radius 2 is 1.61 bits per heavy atom. The van der Waals surface area contributed by atoms with Crippen LogP contribution in [-0.2, 0) is 0 Å². The third kappa shape index (κ3) is 2.28. The zero-order chi connectivity index (χ0) is 16.6. The predicted molar refractivity (Wildman–Crippen MR) is 96.1 cm³/mol. The Kier molecular flexibility index (Phi) is 3.57. The second kappa shape index (κ2) is 4.99. The van der Waals surface area contributed by atoms with Crippen LogP contribution in [-0.4, -0.2) is 11.2 Å². The van der Waals surface area contributed by atoms with Gasteiger partial charge in [0.15, 0.2) is 0 Å². The van der Waals surface area contributed by atoms with Crippen molar-refractivity contribution in [1.29, 1.82) is 0 Å². The second-order valence-corrected chi connectivity index (χ2v) is 11.2. The molecule has 0 aromatic heterocycles. The summed E-state index contributed by atoms with van der Waals surface area (Å²) in [6.45, 7) is 12.7. The molecule has 0 heterocycles. The van der Waals surface area contributed by atoms with Crippen molar-refractivity contribution in [2.24, 2.45) is 45.8 Å². The first-order valence-corrected chi connectivity index (χ1v) is 10.3. The summed E-state index contributed by atoms with van der Waals surface area (Å²) in [5.74, 6) is 4.44. The first-order valence-electron chi connectivity index (χ1n) is 10.3. The van der Waals surface area contributed by atoms with Crippen molar-refractivity contribution in [2.45, 2.75) is 92.1 Å². The number of rotatable bonds is 0. The molecule has 0 aliphatic heterocycles. The highest BCUT2D eigenvalue weighted by molar-refractivity contribution is 5.09. The molecule has 0 aromatic carbocycles. The third-order valence-corrected chi connectivity index (χ3v) is 9.66. The Labute approximate surface area is 143 Å². The minimum Gasteiger partial charge on any atom is -0.393 e. The van der Waals surface area contributed by atoms with E-state index >= 15 is 0 Å². The van der Waals surface area contributed by atoms with Crippen LogP contribution in [0.25, 0.3) is 0 Å². The van der Waals surface area contributed by atoms with Gasteiger partial charge in [-0.3, -0.25) is 0 Å². The van der Waals surface area contributed by atoms with E-state index < -0.39 is 0 Å². The van der Waals surface area contributed by atoms with E-state index in [9.17, 15) is 5.11 Å². The van der Waals surface area contributed by atoms with Gasteiger partial charge < -0.3 is 5.11 Å². The molecule has 23 heavy (non-hydrogen) atoms. The molecule has 8 atom stereocenters. The summed E-state index contributed by atoms with van der Waals surface area (Å²) in [5, 5.41) is 10.3. The molecule has 0 aromatic rings. The SMILES string of the molecule is CC1C[C@@]2(C)[C@@H](CC[C@H]3[C@@H]4C[C@H](O)C[C@@]4(C)CC[C@@H]32)CC1(C)C. The van der Waals surface area contributed by atoms with Crippen LogP contribution in [0.15, 0.2) is 0 Å². The average molecular weight is 319 g/mol. The van der Waals surface area contributed by atoms with Crippen molar-refractivity contribution in [3.8, 4) is 0 Å². The number of hydrogen-bond acceptors (Lipinski definition) is 1. The molecule has 4 saturated carbocycles. The second-order valence-electron chi connectivity index (χ2n) is 11.2. The van der Waals surface area contributed by atoms with Gasteiger partial charge in [0.1, 0.15) is 0 Å². The molecule has 1 N–H and O–H groups in total. The summed E-state index contributed by atoms with van der Waals surface area (Å²) >= 11 is 0. The molecular weight excluding hydrogens is 280 g/mol. The smallest absolute Gasteiger partial charge is 0.0548 e. The van der Waals surface area contributed by atoms with Crippen LogP contribution in [0.5, 0.6) is 0 Å². The summed E-state index contributed by atoms with van der Waals surface area (Å²) in [4.78, 5) is 0. The topological polar surface area (TPSA) is 20.2 Å². The summed E-state index contributed by atoms with van der Waals surface area (Å²) < 4.78 is 0. The fourth-order valence-electron chi connectivity index (χ4n) is 7.98. The maximum atomic E-state index is 10.3. The van der Waals surface area contributed by atoms with Crippen molar-refractivity contribution < 1.29 is 5.11 Å². The summed E-state index contributed by atoms with van der Waals surface area (Å²) in [6, 6.07) is 0. The van der Waals surface area contributed by atoms with Crippen LogP contribution in [0, 0.1) is 45.8 Å². The van der Waals surface area contributed by atoms with Gasteiger partial charge in [-0.2, -0.15) is 0 Å². The summed E-state index contributed by atoms with van der Waals surface area (Å²) in [6.07, 6.45) is 10.7. The maximum Gasteiger partial charge on any atom is 0.0548 e. The molecule has 4 aliphatic carbocycles. The van der Waals surface area contributed by atoms with Gasteiger partial charge in [0.05, 0.1) is 6.10 Å². The van der Waals surface area contributed by atoms with Crippen LogP contribution >= 0.6 is 0 Å². The Hall–Kier alpha value is -0.0400. The zero-order valence-electron chi connectivity index (χ0n) is 16.1. The van der Waals surface area contributed by atoms with E-state index in [4.69, 9.17) is 0 Å². The molecule has 132 valence electrons. The van der Waals surface area contributed by atoms with E-state index in [-0.39, 0.29) is 6.10 Å². The summed E-state index contributed by atoms with van der Waals surface area (Å²) in [5.41, 5.74) is 1.56. The van der Waals surface area contributed by atoms with Crippen LogP contribution in [0.2, 0.25) is 0 Å². The lowest BCUT2D eigenvalue weighted by molar-refractivity contribution is -0.136. The Morgan fingerprint density at radius 3 is 2.35 bits per heavy atom. The van der Waals surface area contributed by atoms with E-state index in [1.165, 1.54) is 38.5 Å². The number of fused-ring (bicyclic) bond motifs is 5. The van der Waals surface area contributed by atoms with Crippen LogP contribution in [0.3, 0.4) is 0 Å². The predicted octanol–water partition coefficient (Wildman–Crippen LogP) is 5.66. The van der Waals surface area contributed by atoms with Crippen molar-refractivity contribution in [2.75, 3.05) is 0 Å². The van der Waals surface area contributed by atoms with E-state index in [0.29, 0.717) is 16.2 Å². The molecule has 0 bridgehead atoms. The highest BCUT2D eigenvalue weighted by atomic mass is 16.3. The van der Waals surface area contributed by atoms with Crippen molar-refractivity contribution in [3.05, 3.63) is 0 Å². The molecule has 4 aliphatic rings. The van der Waals surface area contributed by atoms with Gasteiger partial charge in [0, 0.05) is 0 Å². The molecule has 1 unspecified atom stereocenters. The van der Waals surface area contributed by atoms with E-state index in [1.807, 2.05) is 0 Å². The number of aliphatic hydroxyl groups excluding tert-OH is 1. The van der Waals surface area contributed by atoms with Gasteiger partial charge in [0.25, 0.3) is 0 Å². The zero-order valence-corrected chi connectivity index (χ0v) is 16.1. The molecule has 0 saturated heterocycles. The fraction of sp³-hybridized carbons (Fsp3) is 1.00. The van der Waals surface area contributed by atoms with Crippen molar-refractivity contribution >= 4 is 0 Å². The van der Waals surface area contributed by atoms with Gasteiger partial charge in [-0.15, -0.1) is 0 Å². The van der Waals surface area contributed by atoms with Crippen molar-refractivity contribution in [3.63, 3.8) is 0 Å². The highest BCUT2D eigenvalue weighted by Crippen LogP contribution is 2.68. The minimum absolute atomic E-state index is 0.0153. The third-order valence-electron chi connectivity index (χ3n) is 9.66. The van der Waals surface area contributed by atoms with E-state index in [2.05, 4.69) is 34.6 Å². The Morgan fingerprint density at radius 1 is 0.870 bits per heavy atom. The lowest BCUT2D eigenvalue weighted by atomic mass is 9.42. The Balaban J connectivity index is 1.63. The maximum absolute atomic E-state index is 10.3. The first kappa shape index (κ1) is 16.4. The molecule has 0 spiro atoms. The molecule has 1 nitrogen and oxygen atoms in total. The largest absolute Gasteiger partial charge is 0.393 e. The van der Waals surface area contributed by atoms with Gasteiger partial charge in [-0.25, -0.2) is 0 Å². The monoisotopic (exact) mass is 318 g/mol. The molecule has 0 amide bonds. The molecule has 1 heteroatoms. The quantitative estimate of drug-likeness (QED) is 0.611. The normalized spacial score (nSPS) is 58.2. The number of aliphatic hydroxyl groups is 1. The van der Waals surface area contributed by atoms with E-state index in [0.717, 1.165) is 42.4 Å². The first-order chi connectivity index (χ1) is 10.7. The minimum atomic E-state index is -0.0153. The number of hydrogen-bond donors (Lipinski definition) is 1. The van der Waals surface area contributed by atoms with Crippen LogP contribution in [0.4, 0.5) is 0 Å². The summed E-state index contributed by atoms with van der Waals surface area (Å²) in [7, 11) is 0. The average Bonchev–Trinajstić information content (AvgIpc) is 2.75. The molecule has 4 rings (SSSR count). The molecular formula is C22H38O. The van der Waals surface area contributed by atoms with Gasteiger partial charge in [0.2, 0.25) is 0 Å². The molecule has 4 fully saturated rings. The lowest BCUT2D eigenvalue weighted by Gasteiger charge is -2.63. The van der Waals surface area contributed by atoms with Crippen LogP contribution in [0.1, 0.15) is 86.0 Å². The lowest BCUT2D eigenvalue weighted by Crippen LogP contribution is -2.55. The standard InChI is InChI=1S/C22H38O/c1-14-11-22(5)15(12-20(14,2)3)6-7-17-18(22)8-9-21(4)13-16(23)10-19(17)21/h14-19,23H,6-13H2,1-5H3/t14?,15-,16-,17+,18-,19-,21+,22-/m0/s1. The van der Waals surface area contributed by atoms with Gasteiger partial charge in [-0.1, -0.05) is 34.6 Å². The van der Waals surface area contributed by atoms with E-state index in [1.54, 1.807) is 0 Å². The van der Waals surface area contributed by atoms with Crippen LogP contribution < -0.4 is 0 Å². The van der Waals surface area contributed by atoms with Crippen molar-refractivity contribution in [1.82, 2.24) is 0 Å². The van der Waals surface area contributed by atoms with Gasteiger partial charge >= 0.3 is 0 Å². The fourth-order valence-corrected chi connectivity index (χ4v) is 7.98. The molecule has 0 radical (unpaired) electrons. The van der Waals surface area contributed by atoms with Gasteiger partial charge in [-0.05, 0) is 97.2 Å².